The lowest BCUT2D eigenvalue weighted by Crippen LogP contribution is -2.33. The Bertz CT molecular complexity index is 1900. The summed E-state index contributed by atoms with van der Waals surface area (Å²) in [5.41, 5.74) is 11.7. The van der Waals surface area contributed by atoms with Gasteiger partial charge in [-0.3, -0.25) is 0 Å². The van der Waals surface area contributed by atoms with Crippen molar-refractivity contribution in [2.75, 3.05) is 4.90 Å². The van der Waals surface area contributed by atoms with Crippen LogP contribution in [0.1, 0.15) is 51.7 Å². The van der Waals surface area contributed by atoms with Crippen molar-refractivity contribution >= 4 is 27.8 Å². The van der Waals surface area contributed by atoms with E-state index in [1.807, 2.05) is 0 Å². The standard InChI is InChI=1S/C42H39N/c1-41(2)25-26-42(3,4)39-29-34-27-33(20-19-32(34)28-38(39)41)37-17-11-12-18-40(37)43(35-15-9-6-10-16-35)36-23-21-31(22-24-36)30-13-7-5-8-14-30/h5-24,27-29H,25-26H2,1-4H3. The second kappa shape index (κ2) is 10.6. The molecule has 1 aliphatic carbocycles. The maximum absolute atomic E-state index is 2.48. The molecule has 0 radical (unpaired) electrons. The van der Waals surface area contributed by atoms with Crippen LogP contribution in [0.4, 0.5) is 17.1 Å². The van der Waals surface area contributed by atoms with E-state index < -0.39 is 0 Å². The minimum Gasteiger partial charge on any atom is -0.310 e. The summed E-state index contributed by atoms with van der Waals surface area (Å²) in [7, 11) is 0. The van der Waals surface area contributed by atoms with Gasteiger partial charge < -0.3 is 4.90 Å². The van der Waals surface area contributed by atoms with Crippen molar-refractivity contribution in [3.8, 4) is 22.3 Å². The van der Waals surface area contributed by atoms with Crippen molar-refractivity contribution in [3.63, 3.8) is 0 Å². The first-order chi connectivity index (χ1) is 20.8. The van der Waals surface area contributed by atoms with E-state index in [0.717, 1.165) is 11.4 Å². The third-order valence-corrected chi connectivity index (χ3v) is 9.51. The predicted molar refractivity (Wildman–Crippen MR) is 185 cm³/mol. The summed E-state index contributed by atoms with van der Waals surface area (Å²) >= 11 is 0. The SMILES string of the molecule is CC1(C)CCC(C)(C)c2cc3cc(-c4ccccc4N(c4ccccc4)c4ccc(-c5ccccc5)cc4)ccc3cc21. The fourth-order valence-electron chi connectivity index (χ4n) is 6.83. The van der Waals surface area contributed by atoms with Crippen LogP contribution in [0, 0.1) is 0 Å². The molecule has 1 nitrogen and oxygen atoms in total. The van der Waals surface area contributed by atoms with Crippen LogP contribution < -0.4 is 4.90 Å². The van der Waals surface area contributed by atoms with E-state index in [1.165, 1.54) is 62.7 Å². The molecule has 0 spiro atoms. The van der Waals surface area contributed by atoms with Gasteiger partial charge in [-0.15, -0.1) is 0 Å². The molecule has 0 bridgehead atoms. The topological polar surface area (TPSA) is 3.24 Å². The summed E-state index contributed by atoms with van der Waals surface area (Å²) in [6.07, 6.45) is 2.45. The van der Waals surface area contributed by atoms with E-state index >= 15 is 0 Å². The van der Waals surface area contributed by atoms with Crippen LogP contribution in [-0.2, 0) is 10.8 Å². The number of nitrogens with zero attached hydrogens (tertiary/aromatic N) is 1. The number of rotatable bonds is 5. The van der Waals surface area contributed by atoms with E-state index in [9.17, 15) is 0 Å². The summed E-state index contributed by atoms with van der Waals surface area (Å²) in [6.45, 7) is 9.63. The minimum atomic E-state index is 0.184. The molecular weight excluding hydrogens is 518 g/mol. The van der Waals surface area contributed by atoms with Gasteiger partial charge in [-0.05, 0) is 98.7 Å². The molecule has 0 amide bonds. The van der Waals surface area contributed by atoms with Crippen LogP contribution in [0.5, 0.6) is 0 Å². The van der Waals surface area contributed by atoms with Crippen molar-refractivity contribution in [3.05, 3.63) is 151 Å². The molecule has 0 aliphatic heterocycles. The Labute approximate surface area is 256 Å². The van der Waals surface area contributed by atoms with Crippen molar-refractivity contribution in [1.29, 1.82) is 0 Å². The molecule has 0 unspecified atom stereocenters. The molecule has 0 saturated carbocycles. The molecule has 0 atom stereocenters. The number of benzene rings is 6. The normalized spacial score (nSPS) is 15.2. The Balaban J connectivity index is 1.36. The molecule has 212 valence electrons. The molecule has 0 N–H and O–H groups in total. The van der Waals surface area contributed by atoms with Crippen LogP contribution in [-0.4, -0.2) is 0 Å². The summed E-state index contributed by atoms with van der Waals surface area (Å²) in [4.78, 5) is 2.38. The largest absolute Gasteiger partial charge is 0.310 e. The molecule has 43 heavy (non-hydrogen) atoms. The van der Waals surface area contributed by atoms with Crippen LogP contribution in [0.3, 0.4) is 0 Å². The van der Waals surface area contributed by atoms with Crippen LogP contribution in [0.15, 0.2) is 140 Å². The molecule has 1 aliphatic rings. The second-order valence-electron chi connectivity index (χ2n) is 13.3. The zero-order valence-corrected chi connectivity index (χ0v) is 25.6. The maximum atomic E-state index is 2.48. The molecule has 6 aromatic rings. The third kappa shape index (κ3) is 5.04. The van der Waals surface area contributed by atoms with Gasteiger partial charge in [0, 0.05) is 16.9 Å². The Morgan fingerprint density at radius 2 is 0.953 bits per heavy atom. The lowest BCUT2D eigenvalue weighted by molar-refractivity contribution is 0.332. The van der Waals surface area contributed by atoms with Gasteiger partial charge in [-0.25, -0.2) is 0 Å². The summed E-state index contributed by atoms with van der Waals surface area (Å²) < 4.78 is 0. The van der Waals surface area contributed by atoms with Crippen molar-refractivity contribution in [2.24, 2.45) is 0 Å². The molecule has 7 rings (SSSR count). The van der Waals surface area contributed by atoms with E-state index in [2.05, 4.69) is 172 Å². The fraction of sp³-hybridized carbons (Fsp3) is 0.190. The van der Waals surface area contributed by atoms with Gasteiger partial charge in [-0.1, -0.05) is 131 Å². The van der Waals surface area contributed by atoms with Gasteiger partial charge in [0.1, 0.15) is 0 Å². The van der Waals surface area contributed by atoms with Gasteiger partial charge in [0.15, 0.2) is 0 Å². The molecule has 0 aromatic heterocycles. The average molecular weight is 558 g/mol. The van der Waals surface area contributed by atoms with Gasteiger partial charge >= 0.3 is 0 Å². The third-order valence-electron chi connectivity index (χ3n) is 9.51. The Morgan fingerprint density at radius 3 is 1.63 bits per heavy atom. The lowest BCUT2D eigenvalue weighted by atomic mass is 9.63. The van der Waals surface area contributed by atoms with E-state index in [1.54, 1.807) is 0 Å². The maximum Gasteiger partial charge on any atom is 0.0540 e. The van der Waals surface area contributed by atoms with Crippen molar-refractivity contribution in [2.45, 2.75) is 51.4 Å². The molecule has 0 heterocycles. The van der Waals surface area contributed by atoms with Gasteiger partial charge in [0.2, 0.25) is 0 Å². The van der Waals surface area contributed by atoms with Crippen molar-refractivity contribution < 1.29 is 0 Å². The molecule has 6 aromatic carbocycles. The molecule has 0 saturated heterocycles. The summed E-state index contributed by atoms with van der Waals surface area (Å²) in [5.74, 6) is 0. The minimum absolute atomic E-state index is 0.184. The molecule has 0 fully saturated rings. The summed E-state index contributed by atoms with van der Waals surface area (Å²) in [6, 6.07) is 51.0. The number of para-hydroxylation sites is 2. The van der Waals surface area contributed by atoms with Crippen LogP contribution in [0.25, 0.3) is 33.0 Å². The molecule has 1 heteroatoms. The average Bonchev–Trinajstić information content (AvgIpc) is 3.04. The first-order valence-electron chi connectivity index (χ1n) is 15.5. The Morgan fingerprint density at radius 1 is 0.442 bits per heavy atom. The lowest BCUT2D eigenvalue weighted by Gasteiger charge is -2.42. The highest BCUT2D eigenvalue weighted by Crippen LogP contribution is 2.48. The first-order valence-corrected chi connectivity index (χ1v) is 15.5. The Kier molecular flexibility index (Phi) is 6.70. The monoisotopic (exact) mass is 557 g/mol. The number of hydrogen-bond donors (Lipinski definition) is 0. The fourth-order valence-corrected chi connectivity index (χ4v) is 6.83. The number of hydrogen-bond acceptors (Lipinski definition) is 1. The predicted octanol–water partition coefficient (Wildman–Crippen LogP) is 12.0. The van der Waals surface area contributed by atoms with Crippen LogP contribution >= 0.6 is 0 Å². The Hall–Kier alpha value is -4.62. The second-order valence-corrected chi connectivity index (χ2v) is 13.3. The quantitative estimate of drug-likeness (QED) is 0.204. The van der Waals surface area contributed by atoms with Crippen LogP contribution in [0.2, 0.25) is 0 Å². The van der Waals surface area contributed by atoms with E-state index in [4.69, 9.17) is 0 Å². The highest BCUT2D eigenvalue weighted by molar-refractivity contribution is 5.94. The molecular formula is C42H39N. The smallest absolute Gasteiger partial charge is 0.0540 e. The summed E-state index contributed by atoms with van der Waals surface area (Å²) in [5, 5.41) is 2.64. The number of anilines is 3. The highest BCUT2D eigenvalue weighted by atomic mass is 15.1. The zero-order valence-electron chi connectivity index (χ0n) is 25.6. The zero-order chi connectivity index (χ0) is 29.6. The number of fused-ring (bicyclic) bond motifs is 2. The highest BCUT2D eigenvalue weighted by Gasteiger charge is 2.37. The first kappa shape index (κ1) is 27.2. The van der Waals surface area contributed by atoms with E-state index in [-0.39, 0.29) is 10.8 Å². The van der Waals surface area contributed by atoms with Gasteiger partial charge in [0.25, 0.3) is 0 Å². The van der Waals surface area contributed by atoms with Gasteiger partial charge in [0.05, 0.1) is 5.69 Å². The van der Waals surface area contributed by atoms with Crippen molar-refractivity contribution in [1.82, 2.24) is 0 Å². The van der Waals surface area contributed by atoms with Gasteiger partial charge in [-0.2, -0.15) is 0 Å². The van der Waals surface area contributed by atoms with E-state index in [0.29, 0.717) is 0 Å².